The van der Waals surface area contributed by atoms with Crippen LogP contribution in [0.15, 0.2) is 54.9 Å². The standard InChI is InChI=1S/C16H17N3/c1-12-9-18-19(10-12)11-16(17)15-7-6-13-4-2-3-5-14(13)8-15/h2-10,16H,11,17H2,1H3. The topological polar surface area (TPSA) is 43.8 Å². The van der Waals surface area contributed by atoms with Gasteiger partial charge >= 0.3 is 0 Å². The van der Waals surface area contributed by atoms with Gasteiger partial charge in [-0.05, 0) is 34.9 Å². The van der Waals surface area contributed by atoms with Gasteiger partial charge in [0.1, 0.15) is 0 Å². The number of rotatable bonds is 3. The van der Waals surface area contributed by atoms with Crippen LogP contribution in [0.4, 0.5) is 0 Å². The van der Waals surface area contributed by atoms with Crippen molar-refractivity contribution in [2.24, 2.45) is 5.73 Å². The molecule has 1 unspecified atom stereocenters. The van der Waals surface area contributed by atoms with Gasteiger partial charge in [-0.1, -0.05) is 36.4 Å². The van der Waals surface area contributed by atoms with E-state index in [1.807, 2.05) is 24.0 Å². The number of hydrogen-bond donors (Lipinski definition) is 1. The Morgan fingerprint density at radius 2 is 1.95 bits per heavy atom. The molecule has 0 bridgehead atoms. The lowest BCUT2D eigenvalue weighted by atomic mass is 10.0. The molecule has 0 saturated heterocycles. The predicted octanol–water partition coefficient (Wildman–Crippen LogP) is 3.04. The first-order valence-corrected chi connectivity index (χ1v) is 6.46. The molecular weight excluding hydrogens is 234 g/mol. The Morgan fingerprint density at radius 3 is 2.68 bits per heavy atom. The second-order valence-electron chi connectivity index (χ2n) is 4.95. The van der Waals surface area contributed by atoms with Gasteiger partial charge in [0.15, 0.2) is 0 Å². The molecule has 0 radical (unpaired) electrons. The lowest BCUT2D eigenvalue weighted by Crippen LogP contribution is -2.17. The van der Waals surface area contributed by atoms with Gasteiger partial charge in [0, 0.05) is 12.2 Å². The maximum Gasteiger partial charge on any atom is 0.0602 e. The van der Waals surface area contributed by atoms with Crippen molar-refractivity contribution in [2.75, 3.05) is 0 Å². The summed E-state index contributed by atoms with van der Waals surface area (Å²) < 4.78 is 1.90. The number of hydrogen-bond acceptors (Lipinski definition) is 2. The molecule has 96 valence electrons. The normalized spacial score (nSPS) is 12.7. The Balaban J connectivity index is 1.86. The van der Waals surface area contributed by atoms with E-state index in [9.17, 15) is 0 Å². The summed E-state index contributed by atoms with van der Waals surface area (Å²) in [7, 11) is 0. The summed E-state index contributed by atoms with van der Waals surface area (Å²) >= 11 is 0. The van der Waals surface area contributed by atoms with E-state index in [0.717, 1.165) is 11.1 Å². The van der Waals surface area contributed by atoms with Gasteiger partial charge < -0.3 is 5.73 Å². The third kappa shape index (κ3) is 2.51. The molecule has 0 aliphatic rings. The number of nitrogens with two attached hydrogens (primary N) is 1. The van der Waals surface area contributed by atoms with Crippen molar-refractivity contribution in [2.45, 2.75) is 19.5 Å². The van der Waals surface area contributed by atoms with E-state index in [2.05, 4.69) is 47.6 Å². The molecule has 1 atom stereocenters. The van der Waals surface area contributed by atoms with Crippen LogP contribution in [0.3, 0.4) is 0 Å². The van der Waals surface area contributed by atoms with Crippen LogP contribution in [0.1, 0.15) is 17.2 Å². The van der Waals surface area contributed by atoms with Crippen LogP contribution in [-0.2, 0) is 6.54 Å². The van der Waals surface area contributed by atoms with Crippen molar-refractivity contribution in [3.8, 4) is 0 Å². The number of aromatic nitrogens is 2. The third-order valence-electron chi connectivity index (χ3n) is 3.35. The fourth-order valence-corrected chi connectivity index (χ4v) is 2.31. The van der Waals surface area contributed by atoms with Crippen molar-refractivity contribution in [1.29, 1.82) is 0 Å². The molecule has 0 aliphatic heterocycles. The van der Waals surface area contributed by atoms with Gasteiger partial charge in [-0.2, -0.15) is 5.10 Å². The van der Waals surface area contributed by atoms with Crippen molar-refractivity contribution >= 4 is 10.8 Å². The SMILES string of the molecule is Cc1cnn(CC(N)c2ccc3ccccc3c2)c1. The summed E-state index contributed by atoms with van der Waals surface area (Å²) in [6.45, 7) is 2.73. The highest BCUT2D eigenvalue weighted by Gasteiger charge is 2.08. The van der Waals surface area contributed by atoms with E-state index < -0.39 is 0 Å². The van der Waals surface area contributed by atoms with Crippen molar-refractivity contribution in [1.82, 2.24) is 9.78 Å². The number of nitrogens with zero attached hydrogens (tertiary/aromatic N) is 2. The zero-order chi connectivity index (χ0) is 13.2. The molecule has 0 spiro atoms. The predicted molar refractivity (Wildman–Crippen MR) is 77.8 cm³/mol. The molecule has 0 fully saturated rings. The maximum atomic E-state index is 6.27. The van der Waals surface area contributed by atoms with Crippen LogP contribution >= 0.6 is 0 Å². The molecule has 0 aliphatic carbocycles. The molecule has 2 N–H and O–H groups in total. The van der Waals surface area contributed by atoms with Gasteiger partial charge in [-0.3, -0.25) is 4.68 Å². The van der Waals surface area contributed by atoms with Crippen LogP contribution in [0.2, 0.25) is 0 Å². The Bertz CT molecular complexity index is 700. The highest BCUT2D eigenvalue weighted by atomic mass is 15.3. The average Bonchev–Trinajstić information content (AvgIpc) is 2.83. The van der Waals surface area contributed by atoms with Crippen LogP contribution in [0.5, 0.6) is 0 Å². The molecule has 0 saturated carbocycles. The molecule has 1 aromatic heterocycles. The zero-order valence-corrected chi connectivity index (χ0v) is 11.0. The van der Waals surface area contributed by atoms with Crippen LogP contribution in [0, 0.1) is 6.92 Å². The Kier molecular flexibility index (Phi) is 3.05. The first kappa shape index (κ1) is 11.9. The number of fused-ring (bicyclic) bond motifs is 1. The summed E-state index contributed by atoms with van der Waals surface area (Å²) in [6.07, 6.45) is 3.87. The van der Waals surface area contributed by atoms with Crippen molar-refractivity contribution in [3.63, 3.8) is 0 Å². The minimum absolute atomic E-state index is 0.0380. The summed E-state index contributed by atoms with van der Waals surface area (Å²) in [4.78, 5) is 0. The Hall–Kier alpha value is -2.13. The van der Waals surface area contributed by atoms with Crippen molar-refractivity contribution < 1.29 is 0 Å². The monoisotopic (exact) mass is 251 g/mol. The van der Waals surface area contributed by atoms with Gasteiger partial charge in [0.25, 0.3) is 0 Å². The number of benzene rings is 2. The molecule has 1 heterocycles. The summed E-state index contributed by atoms with van der Waals surface area (Å²) in [5.74, 6) is 0. The van der Waals surface area contributed by atoms with E-state index in [-0.39, 0.29) is 6.04 Å². The van der Waals surface area contributed by atoms with Gasteiger partial charge in [0.2, 0.25) is 0 Å². The van der Waals surface area contributed by atoms with Crippen molar-refractivity contribution in [3.05, 3.63) is 66.0 Å². The van der Waals surface area contributed by atoms with E-state index in [1.165, 1.54) is 10.8 Å². The van der Waals surface area contributed by atoms with Gasteiger partial charge in [0.05, 0.1) is 12.7 Å². The van der Waals surface area contributed by atoms with Crippen LogP contribution in [0.25, 0.3) is 10.8 Å². The van der Waals surface area contributed by atoms with E-state index in [4.69, 9.17) is 5.73 Å². The van der Waals surface area contributed by atoms with E-state index in [0.29, 0.717) is 6.54 Å². The molecule has 3 nitrogen and oxygen atoms in total. The largest absolute Gasteiger partial charge is 0.322 e. The molecule has 3 heteroatoms. The lowest BCUT2D eigenvalue weighted by Gasteiger charge is -2.13. The third-order valence-corrected chi connectivity index (χ3v) is 3.35. The second-order valence-corrected chi connectivity index (χ2v) is 4.95. The fourth-order valence-electron chi connectivity index (χ4n) is 2.31. The first-order chi connectivity index (χ1) is 9.22. The fraction of sp³-hybridized carbons (Fsp3) is 0.188. The molecule has 0 amide bonds. The van der Waals surface area contributed by atoms with Crippen LogP contribution in [-0.4, -0.2) is 9.78 Å². The summed E-state index contributed by atoms with van der Waals surface area (Å²) in [5, 5.41) is 6.75. The smallest absolute Gasteiger partial charge is 0.0602 e. The van der Waals surface area contributed by atoms with E-state index >= 15 is 0 Å². The Labute approximate surface area is 112 Å². The minimum Gasteiger partial charge on any atom is -0.322 e. The minimum atomic E-state index is -0.0380. The molecule has 3 aromatic rings. The average molecular weight is 251 g/mol. The number of aryl methyl sites for hydroxylation is 1. The molecule has 2 aromatic carbocycles. The quantitative estimate of drug-likeness (QED) is 0.777. The zero-order valence-electron chi connectivity index (χ0n) is 11.0. The molecular formula is C16H17N3. The van der Waals surface area contributed by atoms with Crippen LogP contribution < -0.4 is 5.73 Å². The highest BCUT2D eigenvalue weighted by molar-refractivity contribution is 5.83. The Morgan fingerprint density at radius 1 is 1.16 bits per heavy atom. The molecule has 3 rings (SSSR count). The summed E-state index contributed by atoms with van der Waals surface area (Å²) in [5.41, 5.74) is 8.57. The second kappa shape index (κ2) is 4.86. The highest BCUT2D eigenvalue weighted by Crippen LogP contribution is 2.20. The summed E-state index contributed by atoms with van der Waals surface area (Å²) in [6, 6.07) is 14.7. The van der Waals surface area contributed by atoms with E-state index in [1.54, 1.807) is 0 Å². The maximum absolute atomic E-state index is 6.27. The first-order valence-electron chi connectivity index (χ1n) is 6.46. The molecule has 19 heavy (non-hydrogen) atoms. The lowest BCUT2D eigenvalue weighted by molar-refractivity contribution is 0.528. The van der Waals surface area contributed by atoms with Gasteiger partial charge in [-0.15, -0.1) is 0 Å². The van der Waals surface area contributed by atoms with Gasteiger partial charge in [-0.25, -0.2) is 0 Å².